The highest BCUT2D eigenvalue weighted by molar-refractivity contribution is 6.29. The van der Waals surface area contributed by atoms with Crippen LogP contribution in [0.4, 0.5) is 0 Å². The highest BCUT2D eigenvalue weighted by Crippen LogP contribution is 2.36. The van der Waals surface area contributed by atoms with Gasteiger partial charge >= 0.3 is 0 Å². The van der Waals surface area contributed by atoms with Gasteiger partial charge in [0, 0.05) is 37.6 Å². The highest BCUT2D eigenvalue weighted by Gasteiger charge is 2.28. The monoisotopic (exact) mass is 447 g/mol. The Morgan fingerprint density at radius 1 is 1.16 bits per heavy atom. The molecule has 0 bridgehead atoms. The van der Waals surface area contributed by atoms with Crippen LogP contribution in [-0.2, 0) is 20.0 Å². The van der Waals surface area contributed by atoms with Crippen molar-refractivity contribution in [3.05, 3.63) is 46.6 Å². The summed E-state index contributed by atoms with van der Waals surface area (Å²) in [4.78, 5) is 24.6. The van der Waals surface area contributed by atoms with E-state index in [4.69, 9.17) is 16.6 Å². The second kappa shape index (κ2) is 7.34. The predicted octanol–water partition coefficient (Wildman–Crippen LogP) is 5.06. The quantitative estimate of drug-likeness (QED) is 0.402. The zero-order chi connectivity index (χ0) is 22.0. The van der Waals surface area contributed by atoms with Crippen LogP contribution in [0.2, 0.25) is 5.15 Å². The minimum Gasteiger partial charge on any atom is -0.338 e. The second-order valence-electron chi connectivity index (χ2n) is 9.17. The molecular weight excluding hydrogens is 422 g/mol. The summed E-state index contributed by atoms with van der Waals surface area (Å²) < 4.78 is 4.42. The second-order valence-corrected chi connectivity index (χ2v) is 9.55. The van der Waals surface area contributed by atoms with Crippen LogP contribution in [0.3, 0.4) is 0 Å². The molecule has 7 heteroatoms. The number of carbonyl (C=O) groups excluding carboxylic acids is 1. The molecule has 0 saturated heterocycles. The molecule has 4 heterocycles. The maximum absolute atomic E-state index is 13.0. The predicted molar refractivity (Wildman–Crippen MR) is 127 cm³/mol. The van der Waals surface area contributed by atoms with Crippen LogP contribution < -0.4 is 0 Å². The molecule has 1 aliphatic heterocycles. The molecule has 0 unspecified atom stereocenters. The third kappa shape index (κ3) is 3.12. The summed E-state index contributed by atoms with van der Waals surface area (Å²) >= 11 is 6.23. The lowest BCUT2D eigenvalue weighted by molar-refractivity contribution is 0.0740. The summed E-state index contributed by atoms with van der Waals surface area (Å²) in [5.74, 6) is 1.72. The molecule has 4 aromatic rings. The third-order valence-corrected chi connectivity index (χ3v) is 7.06. The smallest absolute Gasteiger partial charge is 0.254 e. The van der Waals surface area contributed by atoms with E-state index in [0.29, 0.717) is 11.1 Å². The summed E-state index contributed by atoms with van der Waals surface area (Å²) in [7, 11) is 2.06. The first-order valence-corrected chi connectivity index (χ1v) is 11.9. The van der Waals surface area contributed by atoms with Gasteiger partial charge in [0.05, 0.1) is 16.7 Å². The highest BCUT2D eigenvalue weighted by atomic mass is 35.5. The van der Waals surface area contributed by atoms with E-state index in [9.17, 15) is 4.79 Å². The van der Waals surface area contributed by atoms with Gasteiger partial charge in [-0.15, -0.1) is 0 Å². The molecule has 0 radical (unpaired) electrons. The number of aryl methyl sites for hydroxylation is 1. The SMILES string of the molecule is CCCN1CCc2cc3c(cc2C1=O)nc(-c1cc2ccc(Cl)nc2n1CC1CC1)n3C. The van der Waals surface area contributed by atoms with Gasteiger partial charge in [0.25, 0.3) is 5.91 Å². The maximum atomic E-state index is 13.0. The summed E-state index contributed by atoms with van der Waals surface area (Å²) in [5.41, 5.74) is 5.81. The molecule has 3 aromatic heterocycles. The number of pyridine rings is 1. The lowest BCUT2D eigenvalue weighted by atomic mass is 9.98. The summed E-state index contributed by atoms with van der Waals surface area (Å²) in [6.07, 6.45) is 4.37. The van der Waals surface area contributed by atoms with E-state index in [0.717, 1.165) is 77.2 Å². The standard InChI is InChI=1S/C25H26ClN5O/c1-3-9-30-10-8-16-11-20-19(13-18(16)25(30)32)27-24(29(20)2)21-12-17-6-7-22(26)28-23(17)31(21)14-15-4-5-15/h6-7,11-13,15H,3-5,8-10,14H2,1-2H3. The number of aromatic nitrogens is 4. The van der Waals surface area contributed by atoms with Crippen LogP contribution in [0.25, 0.3) is 33.6 Å². The summed E-state index contributed by atoms with van der Waals surface area (Å²) in [6, 6.07) is 10.2. The molecule has 6 nitrogen and oxygen atoms in total. The molecule has 1 fully saturated rings. The van der Waals surface area contributed by atoms with Crippen LogP contribution >= 0.6 is 11.6 Å². The molecule has 0 atom stereocenters. The topological polar surface area (TPSA) is 56.0 Å². The van der Waals surface area contributed by atoms with E-state index in [1.807, 2.05) is 23.1 Å². The van der Waals surface area contributed by atoms with E-state index in [-0.39, 0.29) is 5.91 Å². The first kappa shape index (κ1) is 19.8. The first-order valence-electron chi connectivity index (χ1n) is 11.5. The average molecular weight is 448 g/mol. The van der Waals surface area contributed by atoms with Crippen LogP contribution in [0, 0.1) is 5.92 Å². The Hall–Kier alpha value is -2.86. The Labute approximate surface area is 191 Å². The molecule has 164 valence electrons. The van der Waals surface area contributed by atoms with E-state index < -0.39 is 0 Å². The fraction of sp³-hybridized carbons (Fsp3) is 0.400. The van der Waals surface area contributed by atoms with Crippen molar-refractivity contribution in [2.75, 3.05) is 13.1 Å². The van der Waals surface area contributed by atoms with Crippen molar-refractivity contribution in [1.82, 2.24) is 24.0 Å². The van der Waals surface area contributed by atoms with Gasteiger partial charge in [0.1, 0.15) is 10.8 Å². The minimum absolute atomic E-state index is 0.129. The van der Waals surface area contributed by atoms with Crippen LogP contribution in [0.1, 0.15) is 42.1 Å². The van der Waals surface area contributed by atoms with E-state index in [1.54, 1.807) is 0 Å². The molecular formula is C25H26ClN5O. The van der Waals surface area contributed by atoms with E-state index in [2.05, 4.69) is 40.2 Å². The number of carbonyl (C=O) groups is 1. The van der Waals surface area contributed by atoms with Crippen molar-refractivity contribution in [3.8, 4) is 11.5 Å². The molecule has 2 aliphatic rings. The summed E-state index contributed by atoms with van der Waals surface area (Å²) in [6.45, 7) is 4.63. The van der Waals surface area contributed by atoms with Crippen molar-refractivity contribution in [2.24, 2.45) is 13.0 Å². The lowest BCUT2D eigenvalue weighted by Crippen LogP contribution is -2.38. The van der Waals surface area contributed by atoms with Crippen LogP contribution in [0.5, 0.6) is 0 Å². The van der Waals surface area contributed by atoms with Gasteiger partial charge in [0.2, 0.25) is 0 Å². The molecule has 32 heavy (non-hydrogen) atoms. The Morgan fingerprint density at radius 3 is 2.78 bits per heavy atom. The largest absolute Gasteiger partial charge is 0.338 e. The molecule has 6 rings (SSSR count). The number of halogens is 1. The molecule has 1 amide bonds. The molecule has 0 N–H and O–H groups in total. The zero-order valence-electron chi connectivity index (χ0n) is 18.4. The molecule has 0 spiro atoms. The number of imidazole rings is 1. The van der Waals surface area contributed by atoms with Crippen molar-refractivity contribution >= 4 is 39.6 Å². The number of amides is 1. The molecule has 1 aromatic carbocycles. The maximum Gasteiger partial charge on any atom is 0.254 e. The van der Waals surface area contributed by atoms with Crippen LogP contribution in [0.15, 0.2) is 30.3 Å². The Bertz CT molecular complexity index is 1380. The number of rotatable bonds is 5. The van der Waals surface area contributed by atoms with E-state index in [1.165, 1.54) is 12.8 Å². The van der Waals surface area contributed by atoms with Crippen LogP contribution in [-0.4, -0.2) is 43.0 Å². The van der Waals surface area contributed by atoms with Gasteiger partial charge in [0.15, 0.2) is 5.82 Å². The van der Waals surface area contributed by atoms with E-state index >= 15 is 0 Å². The number of benzene rings is 1. The summed E-state index contributed by atoms with van der Waals surface area (Å²) in [5, 5.41) is 1.58. The molecule has 1 aliphatic carbocycles. The number of hydrogen-bond acceptors (Lipinski definition) is 3. The van der Waals surface area contributed by atoms with Gasteiger partial charge in [-0.05, 0) is 67.5 Å². The average Bonchev–Trinajstić information content (AvgIpc) is 3.47. The third-order valence-electron chi connectivity index (χ3n) is 6.84. The van der Waals surface area contributed by atoms with Crippen molar-refractivity contribution in [1.29, 1.82) is 0 Å². The van der Waals surface area contributed by atoms with Gasteiger partial charge in [-0.25, -0.2) is 9.97 Å². The number of nitrogens with zero attached hydrogens (tertiary/aromatic N) is 5. The van der Waals surface area contributed by atoms with Crippen molar-refractivity contribution < 1.29 is 4.79 Å². The fourth-order valence-corrected chi connectivity index (χ4v) is 5.10. The van der Waals surface area contributed by atoms with Gasteiger partial charge in [-0.3, -0.25) is 4.79 Å². The number of hydrogen-bond donors (Lipinski definition) is 0. The zero-order valence-corrected chi connectivity index (χ0v) is 19.2. The normalized spacial score (nSPS) is 16.3. The van der Waals surface area contributed by atoms with Crippen molar-refractivity contribution in [3.63, 3.8) is 0 Å². The molecule has 1 saturated carbocycles. The Kier molecular flexibility index (Phi) is 4.54. The minimum atomic E-state index is 0.129. The van der Waals surface area contributed by atoms with Gasteiger partial charge < -0.3 is 14.0 Å². The Balaban J connectivity index is 1.51. The van der Waals surface area contributed by atoms with Gasteiger partial charge in [-0.1, -0.05) is 18.5 Å². The first-order chi connectivity index (χ1) is 15.5. The number of fused-ring (bicyclic) bond motifs is 3. The van der Waals surface area contributed by atoms with Gasteiger partial charge in [-0.2, -0.15) is 0 Å². The lowest BCUT2D eigenvalue weighted by Gasteiger charge is -2.28. The fourth-order valence-electron chi connectivity index (χ4n) is 4.96. The Morgan fingerprint density at radius 2 is 2.00 bits per heavy atom. The van der Waals surface area contributed by atoms with Crippen molar-refractivity contribution in [2.45, 2.75) is 39.2 Å².